The van der Waals surface area contributed by atoms with Gasteiger partial charge in [0.25, 0.3) is 0 Å². The maximum atomic E-state index is 12.5. The van der Waals surface area contributed by atoms with E-state index in [1.165, 1.54) is 7.11 Å². The molecule has 0 fully saturated rings. The van der Waals surface area contributed by atoms with Crippen molar-refractivity contribution in [2.75, 3.05) is 19.0 Å². The standard InChI is InChI=1S/C15H17N5O3/c1-23-12-4-2-3-10-11(9-13(21)18-14(10)12)15(22)16-5-7-20-8-6-17-19-20/h2-4,6,8,11H,5,7,9H2,1H3,(H,16,22)(H,18,21). The van der Waals surface area contributed by atoms with Crippen molar-refractivity contribution in [3.63, 3.8) is 0 Å². The summed E-state index contributed by atoms with van der Waals surface area (Å²) >= 11 is 0. The van der Waals surface area contributed by atoms with Crippen LogP contribution in [0, 0.1) is 0 Å². The maximum absolute atomic E-state index is 12.5. The quantitative estimate of drug-likeness (QED) is 0.838. The number of anilines is 1. The van der Waals surface area contributed by atoms with E-state index in [0.29, 0.717) is 24.5 Å². The summed E-state index contributed by atoms with van der Waals surface area (Å²) in [5, 5.41) is 13.2. The van der Waals surface area contributed by atoms with Crippen LogP contribution < -0.4 is 15.4 Å². The zero-order valence-electron chi connectivity index (χ0n) is 12.7. The minimum atomic E-state index is -0.524. The molecule has 1 aromatic heterocycles. The number of methoxy groups -OCH3 is 1. The first-order valence-corrected chi connectivity index (χ1v) is 7.27. The van der Waals surface area contributed by atoms with Crippen molar-refractivity contribution in [2.45, 2.75) is 18.9 Å². The van der Waals surface area contributed by atoms with Crippen LogP contribution in [0.3, 0.4) is 0 Å². The van der Waals surface area contributed by atoms with Gasteiger partial charge in [0, 0.05) is 19.2 Å². The molecule has 8 heteroatoms. The molecule has 2 heterocycles. The lowest BCUT2D eigenvalue weighted by molar-refractivity contribution is -0.126. The third-order valence-electron chi connectivity index (χ3n) is 3.74. The molecule has 0 saturated carbocycles. The molecule has 0 aliphatic carbocycles. The van der Waals surface area contributed by atoms with Gasteiger partial charge >= 0.3 is 0 Å². The van der Waals surface area contributed by atoms with Gasteiger partial charge in [-0.3, -0.25) is 14.3 Å². The molecule has 0 radical (unpaired) electrons. The van der Waals surface area contributed by atoms with Crippen molar-refractivity contribution in [2.24, 2.45) is 0 Å². The van der Waals surface area contributed by atoms with Gasteiger partial charge < -0.3 is 15.4 Å². The number of hydrogen-bond donors (Lipinski definition) is 2. The molecule has 1 aromatic carbocycles. The van der Waals surface area contributed by atoms with Crippen molar-refractivity contribution < 1.29 is 14.3 Å². The number of aromatic nitrogens is 3. The van der Waals surface area contributed by atoms with E-state index >= 15 is 0 Å². The SMILES string of the molecule is COc1cccc2c1NC(=O)CC2C(=O)NCCn1ccnn1. The predicted molar refractivity (Wildman–Crippen MR) is 82.0 cm³/mol. The fourth-order valence-corrected chi connectivity index (χ4v) is 2.63. The number of fused-ring (bicyclic) bond motifs is 1. The molecule has 2 N–H and O–H groups in total. The fourth-order valence-electron chi connectivity index (χ4n) is 2.63. The zero-order chi connectivity index (χ0) is 16.2. The van der Waals surface area contributed by atoms with Crippen LogP contribution in [0.2, 0.25) is 0 Å². The predicted octanol–water partition coefficient (Wildman–Crippen LogP) is 0.529. The van der Waals surface area contributed by atoms with Gasteiger partial charge in [-0.1, -0.05) is 17.3 Å². The number of hydrogen-bond acceptors (Lipinski definition) is 5. The fraction of sp³-hybridized carbons (Fsp3) is 0.333. The molecule has 8 nitrogen and oxygen atoms in total. The Morgan fingerprint density at radius 1 is 1.52 bits per heavy atom. The van der Waals surface area contributed by atoms with Crippen LogP contribution in [0.25, 0.3) is 0 Å². The molecule has 23 heavy (non-hydrogen) atoms. The summed E-state index contributed by atoms with van der Waals surface area (Å²) in [6.45, 7) is 0.940. The number of rotatable bonds is 5. The molecule has 1 unspecified atom stereocenters. The number of benzene rings is 1. The first kappa shape index (κ1) is 15.0. The molecular formula is C15H17N5O3. The summed E-state index contributed by atoms with van der Waals surface area (Å²) in [4.78, 5) is 24.4. The first-order chi connectivity index (χ1) is 11.2. The highest BCUT2D eigenvalue weighted by Crippen LogP contribution is 2.38. The second-order valence-corrected chi connectivity index (χ2v) is 5.19. The van der Waals surface area contributed by atoms with E-state index in [4.69, 9.17) is 4.74 Å². The Hall–Kier alpha value is -2.90. The van der Waals surface area contributed by atoms with Crippen LogP contribution in [-0.4, -0.2) is 40.5 Å². The molecule has 2 aromatic rings. The van der Waals surface area contributed by atoms with Gasteiger partial charge in [0.2, 0.25) is 11.8 Å². The number of nitrogens with one attached hydrogen (secondary N) is 2. The molecule has 0 bridgehead atoms. The number of para-hydroxylation sites is 1. The van der Waals surface area contributed by atoms with E-state index < -0.39 is 5.92 Å². The smallest absolute Gasteiger partial charge is 0.228 e. The summed E-state index contributed by atoms with van der Waals surface area (Å²) in [7, 11) is 1.53. The van der Waals surface area contributed by atoms with Crippen LogP contribution in [-0.2, 0) is 16.1 Å². The third kappa shape index (κ3) is 3.15. The average molecular weight is 315 g/mol. The molecule has 1 aliphatic rings. The number of carbonyl (C=O) groups excluding carboxylic acids is 2. The van der Waals surface area contributed by atoms with Gasteiger partial charge in [-0.15, -0.1) is 5.10 Å². The van der Waals surface area contributed by atoms with Crippen LogP contribution in [0.1, 0.15) is 17.9 Å². The Morgan fingerprint density at radius 2 is 2.39 bits per heavy atom. The molecular weight excluding hydrogens is 298 g/mol. The Kier molecular flexibility index (Phi) is 4.22. The lowest BCUT2D eigenvalue weighted by Gasteiger charge is -2.26. The zero-order valence-corrected chi connectivity index (χ0v) is 12.7. The molecule has 120 valence electrons. The maximum Gasteiger partial charge on any atom is 0.228 e. The van der Waals surface area contributed by atoms with E-state index in [-0.39, 0.29) is 18.2 Å². The van der Waals surface area contributed by atoms with Crippen molar-refractivity contribution >= 4 is 17.5 Å². The lowest BCUT2D eigenvalue weighted by atomic mass is 9.89. The van der Waals surface area contributed by atoms with Gasteiger partial charge in [-0.2, -0.15) is 0 Å². The van der Waals surface area contributed by atoms with Gasteiger partial charge in [0.15, 0.2) is 0 Å². The van der Waals surface area contributed by atoms with Crippen LogP contribution in [0.4, 0.5) is 5.69 Å². The van der Waals surface area contributed by atoms with Crippen molar-refractivity contribution in [1.29, 1.82) is 0 Å². The van der Waals surface area contributed by atoms with E-state index in [1.54, 1.807) is 23.1 Å². The Balaban J connectivity index is 1.72. The number of nitrogens with zero attached hydrogens (tertiary/aromatic N) is 3. The van der Waals surface area contributed by atoms with E-state index in [9.17, 15) is 9.59 Å². The molecule has 3 rings (SSSR count). The second kappa shape index (κ2) is 6.47. The van der Waals surface area contributed by atoms with Crippen molar-refractivity contribution in [1.82, 2.24) is 20.3 Å². The summed E-state index contributed by atoms with van der Waals surface area (Å²) in [6.07, 6.45) is 3.42. The highest BCUT2D eigenvalue weighted by Gasteiger charge is 2.32. The summed E-state index contributed by atoms with van der Waals surface area (Å²) in [5.74, 6) is -0.353. The monoisotopic (exact) mass is 315 g/mol. The van der Waals surface area contributed by atoms with E-state index in [2.05, 4.69) is 20.9 Å². The number of carbonyl (C=O) groups is 2. The summed E-state index contributed by atoms with van der Waals surface area (Å²) < 4.78 is 6.88. The molecule has 1 aliphatic heterocycles. The van der Waals surface area contributed by atoms with Crippen LogP contribution in [0.15, 0.2) is 30.6 Å². The Morgan fingerprint density at radius 3 is 3.13 bits per heavy atom. The first-order valence-electron chi connectivity index (χ1n) is 7.27. The average Bonchev–Trinajstić information content (AvgIpc) is 3.06. The van der Waals surface area contributed by atoms with Gasteiger partial charge in [0.05, 0.1) is 31.5 Å². The Labute approximate surface area is 132 Å². The molecule has 2 amide bonds. The Bertz CT molecular complexity index is 714. The van der Waals surface area contributed by atoms with Gasteiger partial charge in [0.1, 0.15) is 5.75 Å². The van der Waals surface area contributed by atoms with Crippen LogP contribution in [0.5, 0.6) is 5.75 Å². The number of amides is 2. The van der Waals surface area contributed by atoms with Crippen molar-refractivity contribution in [3.05, 3.63) is 36.2 Å². The second-order valence-electron chi connectivity index (χ2n) is 5.19. The minimum Gasteiger partial charge on any atom is -0.495 e. The van der Waals surface area contributed by atoms with E-state index in [1.807, 2.05) is 12.1 Å². The van der Waals surface area contributed by atoms with Crippen LogP contribution >= 0.6 is 0 Å². The number of ether oxygens (including phenoxy) is 1. The summed E-state index contributed by atoms with van der Waals surface area (Å²) in [6, 6.07) is 5.40. The van der Waals surface area contributed by atoms with Gasteiger partial charge in [-0.25, -0.2) is 0 Å². The normalized spacial score (nSPS) is 16.4. The largest absolute Gasteiger partial charge is 0.495 e. The highest BCUT2D eigenvalue weighted by molar-refractivity contribution is 6.02. The molecule has 1 atom stereocenters. The lowest BCUT2D eigenvalue weighted by Crippen LogP contribution is -2.36. The molecule has 0 spiro atoms. The highest BCUT2D eigenvalue weighted by atomic mass is 16.5. The van der Waals surface area contributed by atoms with E-state index in [0.717, 1.165) is 5.56 Å². The summed E-state index contributed by atoms with van der Waals surface area (Å²) in [5.41, 5.74) is 1.34. The topological polar surface area (TPSA) is 98.1 Å². The minimum absolute atomic E-state index is 0.120. The third-order valence-corrected chi connectivity index (χ3v) is 3.74. The molecule has 0 saturated heterocycles. The van der Waals surface area contributed by atoms with Gasteiger partial charge in [-0.05, 0) is 11.6 Å². The van der Waals surface area contributed by atoms with Crippen molar-refractivity contribution in [3.8, 4) is 5.75 Å².